The van der Waals surface area contributed by atoms with Crippen molar-refractivity contribution < 1.29 is 19.0 Å². The van der Waals surface area contributed by atoms with Crippen molar-refractivity contribution in [3.8, 4) is 17.0 Å². The molecule has 22 heavy (non-hydrogen) atoms. The highest BCUT2D eigenvalue weighted by molar-refractivity contribution is 6.03. The molecule has 0 radical (unpaired) electrons. The van der Waals surface area contributed by atoms with Gasteiger partial charge >= 0.3 is 5.97 Å². The first kappa shape index (κ1) is 14.0. The summed E-state index contributed by atoms with van der Waals surface area (Å²) >= 11 is 0. The van der Waals surface area contributed by atoms with Crippen molar-refractivity contribution in [1.82, 2.24) is 4.98 Å². The molecule has 0 atom stereocenters. The van der Waals surface area contributed by atoms with E-state index in [4.69, 9.17) is 4.74 Å². The van der Waals surface area contributed by atoms with Crippen LogP contribution in [0.3, 0.4) is 0 Å². The zero-order chi connectivity index (χ0) is 15.7. The van der Waals surface area contributed by atoms with Gasteiger partial charge in [-0.15, -0.1) is 0 Å². The van der Waals surface area contributed by atoms with Crippen LogP contribution in [0.2, 0.25) is 0 Å². The number of para-hydroxylation sites is 1. The van der Waals surface area contributed by atoms with E-state index in [1.165, 1.54) is 31.4 Å². The minimum Gasteiger partial charge on any atom is -0.496 e. The number of aromatic carboxylic acids is 1. The fraction of sp³-hybridized carbons (Fsp3) is 0.0588. The Kier molecular flexibility index (Phi) is 3.47. The fourth-order valence-electron chi connectivity index (χ4n) is 2.37. The maximum Gasteiger partial charge on any atom is 0.336 e. The Morgan fingerprint density at radius 3 is 2.68 bits per heavy atom. The SMILES string of the molecule is COc1ccccc1-c1cc(C(=O)O)c2cc(F)ccc2n1. The van der Waals surface area contributed by atoms with Gasteiger partial charge in [0.1, 0.15) is 11.6 Å². The summed E-state index contributed by atoms with van der Waals surface area (Å²) in [6.07, 6.45) is 0. The molecule has 0 spiro atoms. The number of rotatable bonds is 3. The Morgan fingerprint density at radius 1 is 1.18 bits per heavy atom. The van der Waals surface area contributed by atoms with Gasteiger partial charge in [0, 0.05) is 10.9 Å². The Labute approximate surface area is 125 Å². The van der Waals surface area contributed by atoms with Crippen LogP contribution in [0.4, 0.5) is 4.39 Å². The smallest absolute Gasteiger partial charge is 0.336 e. The molecular weight excluding hydrogens is 285 g/mol. The number of pyridine rings is 1. The first-order valence-electron chi connectivity index (χ1n) is 6.57. The van der Waals surface area contributed by atoms with Crippen LogP contribution in [0.25, 0.3) is 22.2 Å². The number of nitrogens with zero attached hydrogens (tertiary/aromatic N) is 1. The van der Waals surface area contributed by atoms with E-state index in [0.717, 1.165) is 0 Å². The van der Waals surface area contributed by atoms with E-state index in [0.29, 0.717) is 22.5 Å². The number of carboxylic acid groups (broad SMARTS) is 1. The third-order valence-electron chi connectivity index (χ3n) is 3.38. The molecule has 0 aliphatic rings. The topological polar surface area (TPSA) is 59.4 Å². The van der Waals surface area contributed by atoms with E-state index < -0.39 is 11.8 Å². The fourth-order valence-corrected chi connectivity index (χ4v) is 2.37. The van der Waals surface area contributed by atoms with Crippen LogP contribution in [-0.2, 0) is 0 Å². The number of carbonyl (C=O) groups is 1. The Hall–Kier alpha value is -2.95. The molecule has 1 heterocycles. The van der Waals surface area contributed by atoms with Gasteiger partial charge in [0.2, 0.25) is 0 Å². The van der Waals surface area contributed by atoms with Crippen molar-refractivity contribution in [2.45, 2.75) is 0 Å². The van der Waals surface area contributed by atoms with Crippen molar-refractivity contribution in [2.24, 2.45) is 0 Å². The molecule has 0 saturated heterocycles. The number of ether oxygens (including phenoxy) is 1. The first-order chi connectivity index (χ1) is 10.6. The Bertz CT molecular complexity index is 877. The summed E-state index contributed by atoms with van der Waals surface area (Å²) in [5.41, 5.74) is 1.57. The summed E-state index contributed by atoms with van der Waals surface area (Å²) in [6.45, 7) is 0. The standard InChI is InChI=1S/C17H12FNO3/c1-22-16-5-3-2-4-11(16)15-9-13(17(20)21)12-8-10(18)6-7-14(12)19-15/h2-9H,1H3,(H,20,21). The number of methoxy groups -OCH3 is 1. The first-order valence-corrected chi connectivity index (χ1v) is 6.57. The van der Waals surface area contributed by atoms with Crippen LogP contribution < -0.4 is 4.74 Å². The maximum atomic E-state index is 13.4. The second kappa shape index (κ2) is 5.44. The molecule has 1 N–H and O–H groups in total. The average molecular weight is 297 g/mol. The van der Waals surface area contributed by atoms with Gasteiger partial charge in [-0.05, 0) is 36.4 Å². The minimum atomic E-state index is -1.13. The molecule has 0 amide bonds. The molecule has 1 aromatic heterocycles. The summed E-state index contributed by atoms with van der Waals surface area (Å²) in [6, 6.07) is 12.5. The molecule has 0 aliphatic carbocycles. The van der Waals surface area contributed by atoms with Crippen molar-refractivity contribution >= 4 is 16.9 Å². The molecule has 0 aliphatic heterocycles. The lowest BCUT2D eigenvalue weighted by molar-refractivity contribution is 0.0699. The maximum absolute atomic E-state index is 13.4. The second-order valence-corrected chi connectivity index (χ2v) is 4.72. The third-order valence-corrected chi connectivity index (χ3v) is 3.38. The van der Waals surface area contributed by atoms with E-state index in [2.05, 4.69) is 4.98 Å². The lowest BCUT2D eigenvalue weighted by atomic mass is 10.0. The predicted octanol–water partition coefficient (Wildman–Crippen LogP) is 3.75. The lowest BCUT2D eigenvalue weighted by Crippen LogP contribution is -2.01. The summed E-state index contributed by atoms with van der Waals surface area (Å²) < 4.78 is 18.7. The molecule has 0 fully saturated rings. The van der Waals surface area contributed by atoms with Crippen molar-refractivity contribution in [3.05, 3.63) is 59.9 Å². The van der Waals surface area contributed by atoms with Gasteiger partial charge in [-0.3, -0.25) is 0 Å². The quantitative estimate of drug-likeness (QED) is 0.800. The molecule has 5 heteroatoms. The number of halogens is 1. The molecule has 2 aromatic carbocycles. The van der Waals surface area contributed by atoms with Gasteiger partial charge in [-0.2, -0.15) is 0 Å². The second-order valence-electron chi connectivity index (χ2n) is 4.72. The summed E-state index contributed by atoms with van der Waals surface area (Å²) in [5.74, 6) is -1.04. The molecule has 3 rings (SSSR count). The molecule has 110 valence electrons. The normalized spacial score (nSPS) is 10.6. The number of fused-ring (bicyclic) bond motifs is 1. The minimum absolute atomic E-state index is 0.00501. The van der Waals surface area contributed by atoms with Crippen LogP contribution in [-0.4, -0.2) is 23.2 Å². The summed E-state index contributed by atoms with van der Waals surface area (Å²) in [4.78, 5) is 15.9. The van der Waals surface area contributed by atoms with Crippen molar-refractivity contribution in [1.29, 1.82) is 0 Å². The van der Waals surface area contributed by atoms with E-state index in [1.54, 1.807) is 12.1 Å². The van der Waals surface area contributed by atoms with Gasteiger partial charge in [-0.1, -0.05) is 12.1 Å². The highest BCUT2D eigenvalue weighted by Crippen LogP contribution is 2.31. The molecular formula is C17H12FNO3. The van der Waals surface area contributed by atoms with Crippen LogP contribution >= 0.6 is 0 Å². The summed E-state index contributed by atoms with van der Waals surface area (Å²) in [7, 11) is 1.54. The number of benzene rings is 2. The number of aromatic nitrogens is 1. The molecule has 0 unspecified atom stereocenters. The predicted molar refractivity (Wildman–Crippen MR) is 80.6 cm³/mol. The van der Waals surface area contributed by atoms with E-state index in [-0.39, 0.29) is 10.9 Å². The van der Waals surface area contributed by atoms with Gasteiger partial charge < -0.3 is 9.84 Å². The van der Waals surface area contributed by atoms with E-state index >= 15 is 0 Å². The largest absolute Gasteiger partial charge is 0.496 e. The van der Waals surface area contributed by atoms with Gasteiger partial charge in [0.15, 0.2) is 0 Å². The molecule has 3 aromatic rings. The lowest BCUT2D eigenvalue weighted by Gasteiger charge is -2.10. The zero-order valence-corrected chi connectivity index (χ0v) is 11.7. The number of carboxylic acids is 1. The van der Waals surface area contributed by atoms with Crippen molar-refractivity contribution in [2.75, 3.05) is 7.11 Å². The highest BCUT2D eigenvalue weighted by Gasteiger charge is 2.15. The number of hydrogen-bond donors (Lipinski definition) is 1. The number of hydrogen-bond acceptors (Lipinski definition) is 3. The monoisotopic (exact) mass is 297 g/mol. The van der Waals surface area contributed by atoms with Gasteiger partial charge in [0.05, 0.1) is 23.9 Å². The Balaban J connectivity index is 2.32. The van der Waals surface area contributed by atoms with E-state index in [9.17, 15) is 14.3 Å². The van der Waals surface area contributed by atoms with Crippen molar-refractivity contribution in [3.63, 3.8) is 0 Å². The average Bonchev–Trinajstić information content (AvgIpc) is 2.53. The van der Waals surface area contributed by atoms with Crippen LogP contribution in [0.15, 0.2) is 48.5 Å². The molecule has 4 nitrogen and oxygen atoms in total. The molecule has 0 bridgehead atoms. The Morgan fingerprint density at radius 2 is 1.95 bits per heavy atom. The van der Waals surface area contributed by atoms with Gasteiger partial charge in [0.25, 0.3) is 0 Å². The van der Waals surface area contributed by atoms with Crippen LogP contribution in [0, 0.1) is 5.82 Å². The molecule has 0 saturated carbocycles. The van der Waals surface area contributed by atoms with E-state index in [1.807, 2.05) is 12.1 Å². The zero-order valence-electron chi connectivity index (χ0n) is 11.7. The third kappa shape index (κ3) is 2.37. The van der Waals surface area contributed by atoms with Crippen LogP contribution in [0.5, 0.6) is 5.75 Å². The van der Waals surface area contributed by atoms with Crippen LogP contribution in [0.1, 0.15) is 10.4 Å². The van der Waals surface area contributed by atoms with Gasteiger partial charge in [-0.25, -0.2) is 14.2 Å². The summed E-state index contributed by atoms with van der Waals surface area (Å²) in [5, 5.41) is 9.66. The highest BCUT2D eigenvalue weighted by atomic mass is 19.1.